The van der Waals surface area contributed by atoms with E-state index < -0.39 is 0 Å². The van der Waals surface area contributed by atoms with Gasteiger partial charge in [-0.05, 0) is 43.0 Å². The molecule has 2 aliphatic rings. The average Bonchev–Trinajstić information content (AvgIpc) is 3.34. The summed E-state index contributed by atoms with van der Waals surface area (Å²) in [5, 5.41) is 3.02. The summed E-state index contributed by atoms with van der Waals surface area (Å²) in [5.41, 5.74) is 4.59. The van der Waals surface area contributed by atoms with Crippen LogP contribution in [0.2, 0.25) is 0 Å². The number of nitrogens with zero attached hydrogens (tertiary/aromatic N) is 3. The van der Waals surface area contributed by atoms with E-state index in [0.29, 0.717) is 39.1 Å². The molecule has 0 unspecified atom stereocenters. The first kappa shape index (κ1) is 21.2. The monoisotopic (exact) mass is 420 g/mol. The van der Waals surface area contributed by atoms with Crippen molar-refractivity contribution in [1.82, 2.24) is 15.1 Å². The van der Waals surface area contributed by atoms with Gasteiger partial charge in [-0.2, -0.15) is 0 Å². The van der Waals surface area contributed by atoms with Crippen molar-refractivity contribution < 1.29 is 9.59 Å². The van der Waals surface area contributed by atoms with Gasteiger partial charge in [0.05, 0.1) is 6.42 Å². The molecule has 0 bridgehead atoms. The Morgan fingerprint density at radius 1 is 0.774 bits per heavy atom. The molecule has 6 nitrogen and oxygen atoms in total. The Bertz CT molecular complexity index is 881. The van der Waals surface area contributed by atoms with Gasteiger partial charge in [-0.15, -0.1) is 0 Å². The van der Waals surface area contributed by atoms with E-state index in [0.717, 1.165) is 24.2 Å². The summed E-state index contributed by atoms with van der Waals surface area (Å²) >= 11 is 0. The SMILES string of the molecule is Cc1ccc(CC(=O)N2CCN(C(=O)NCc3ccc(N4CCCC4)cc3)CC2)cc1. The predicted octanol–water partition coefficient (Wildman–Crippen LogP) is 3.19. The number of piperazine rings is 1. The first-order valence-corrected chi connectivity index (χ1v) is 11.3. The molecule has 0 saturated carbocycles. The van der Waals surface area contributed by atoms with E-state index in [1.807, 2.05) is 36.1 Å². The minimum absolute atomic E-state index is 0.0609. The molecule has 4 rings (SSSR count). The van der Waals surface area contributed by atoms with Crippen molar-refractivity contribution in [2.75, 3.05) is 44.2 Å². The van der Waals surface area contributed by atoms with E-state index >= 15 is 0 Å². The molecule has 2 aliphatic heterocycles. The molecule has 0 spiro atoms. The van der Waals surface area contributed by atoms with Gasteiger partial charge in [0.15, 0.2) is 0 Å². The van der Waals surface area contributed by atoms with Crippen LogP contribution in [-0.4, -0.2) is 61.0 Å². The Balaban J connectivity index is 1.20. The van der Waals surface area contributed by atoms with Crippen molar-refractivity contribution in [3.8, 4) is 0 Å². The number of nitrogens with one attached hydrogen (secondary N) is 1. The van der Waals surface area contributed by atoms with Gasteiger partial charge in [-0.1, -0.05) is 42.0 Å². The van der Waals surface area contributed by atoms with Crippen molar-refractivity contribution in [3.63, 3.8) is 0 Å². The molecule has 164 valence electrons. The first-order chi connectivity index (χ1) is 15.1. The van der Waals surface area contributed by atoms with Crippen molar-refractivity contribution in [3.05, 3.63) is 65.2 Å². The highest BCUT2D eigenvalue weighted by molar-refractivity contribution is 5.79. The van der Waals surface area contributed by atoms with Gasteiger partial charge in [-0.25, -0.2) is 4.79 Å². The lowest BCUT2D eigenvalue weighted by molar-refractivity contribution is -0.131. The average molecular weight is 421 g/mol. The number of amides is 3. The Morgan fingerprint density at radius 2 is 1.35 bits per heavy atom. The zero-order valence-corrected chi connectivity index (χ0v) is 18.3. The van der Waals surface area contributed by atoms with Crippen molar-refractivity contribution in [2.45, 2.75) is 32.7 Å². The highest BCUT2D eigenvalue weighted by atomic mass is 16.2. The molecular formula is C25H32N4O2. The van der Waals surface area contributed by atoms with Crippen molar-refractivity contribution >= 4 is 17.6 Å². The van der Waals surface area contributed by atoms with Crippen LogP contribution in [0.5, 0.6) is 0 Å². The summed E-state index contributed by atoms with van der Waals surface area (Å²) in [4.78, 5) is 31.2. The molecule has 0 aromatic heterocycles. The Labute approximate surface area is 184 Å². The quantitative estimate of drug-likeness (QED) is 0.808. The lowest BCUT2D eigenvalue weighted by Gasteiger charge is -2.34. The van der Waals surface area contributed by atoms with E-state index in [4.69, 9.17) is 0 Å². The number of urea groups is 1. The third-order valence-corrected chi connectivity index (χ3v) is 6.25. The zero-order valence-electron chi connectivity index (χ0n) is 18.3. The molecule has 0 aliphatic carbocycles. The molecule has 0 atom stereocenters. The van der Waals surface area contributed by atoms with Crippen LogP contribution in [0.4, 0.5) is 10.5 Å². The topological polar surface area (TPSA) is 55.9 Å². The Hall–Kier alpha value is -3.02. The van der Waals surface area contributed by atoms with Gasteiger partial charge in [0.1, 0.15) is 0 Å². The van der Waals surface area contributed by atoms with Gasteiger partial charge in [0.2, 0.25) is 5.91 Å². The van der Waals surface area contributed by atoms with E-state index in [1.165, 1.54) is 24.1 Å². The fourth-order valence-corrected chi connectivity index (χ4v) is 4.24. The van der Waals surface area contributed by atoms with Crippen LogP contribution in [-0.2, 0) is 17.8 Å². The van der Waals surface area contributed by atoms with Gasteiger partial charge in [0.25, 0.3) is 0 Å². The highest BCUT2D eigenvalue weighted by Crippen LogP contribution is 2.20. The molecule has 0 radical (unpaired) electrons. The van der Waals surface area contributed by atoms with Crippen LogP contribution >= 0.6 is 0 Å². The largest absolute Gasteiger partial charge is 0.372 e. The van der Waals surface area contributed by atoms with Gasteiger partial charge in [0, 0.05) is 51.5 Å². The van der Waals surface area contributed by atoms with Crippen molar-refractivity contribution in [2.24, 2.45) is 0 Å². The number of carbonyl (C=O) groups is 2. The minimum Gasteiger partial charge on any atom is -0.372 e. The van der Waals surface area contributed by atoms with Gasteiger partial charge < -0.3 is 20.0 Å². The molecule has 2 fully saturated rings. The second-order valence-corrected chi connectivity index (χ2v) is 8.55. The second-order valence-electron chi connectivity index (χ2n) is 8.55. The highest BCUT2D eigenvalue weighted by Gasteiger charge is 2.24. The van der Waals surface area contributed by atoms with E-state index in [1.54, 1.807) is 4.90 Å². The maximum Gasteiger partial charge on any atom is 0.317 e. The summed E-state index contributed by atoms with van der Waals surface area (Å²) in [6.45, 7) is 7.14. The number of benzene rings is 2. The van der Waals surface area contributed by atoms with Gasteiger partial charge in [-0.3, -0.25) is 4.79 Å². The van der Waals surface area contributed by atoms with E-state index in [2.05, 4.69) is 34.5 Å². The van der Waals surface area contributed by atoms with Crippen LogP contribution < -0.4 is 10.2 Å². The number of hydrogen-bond acceptors (Lipinski definition) is 3. The number of anilines is 1. The minimum atomic E-state index is -0.0609. The molecule has 2 heterocycles. The fourth-order valence-electron chi connectivity index (χ4n) is 4.24. The normalized spacial score (nSPS) is 16.5. The maximum absolute atomic E-state index is 12.6. The lowest BCUT2D eigenvalue weighted by Crippen LogP contribution is -2.53. The Kier molecular flexibility index (Phi) is 6.75. The standard InChI is InChI=1S/C25H32N4O2/c1-20-4-6-21(7-5-20)18-24(30)28-14-16-29(17-15-28)25(31)26-19-22-8-10-23(11-9-22)27-12-2-3-13-27/h4-11H,2-3,12-19H2,1H3,(H,26,31). The molecule has 2 aromatic rings. The molecular weight excluding hydrogens is 388 g/mol. The molecule has 6 heteroatoms. The second kappa shape index (κ2) is 9.86. The fraction of sp³-hybridized carbons (Fsp3) is 0.440. The summed E-state index contributed by atoms with van der Waals surface area (Å²) in [6.07, 6.45) is 2.95. The van der Waals surface area contributed by atoms with Crippen LogP contribution in [0.15, 0.2) is 48.5 Å². The van der Waals surface area contributed by atoms with Crippen LogP contribution in [0.25, 0.3) is 0 Å². The summed E-state index contributed by atoms with van der Waals surface area (Å²) in [7, 11) is 0. The number of rotatable bonds is 5. The third-order valence-electron chi connectivity index (χ3n) is 6.25. The predicted molar refractivity (Wildman–Crippen MR) is 123 cm³/mol. The van der Waals surface area contributed by atoms with Crippen molar-refractivity contribution in [1.29, 1.82) is 0 Å². The van der Waals surface area contributed by atoms with Gasteiger partial charge >= 0.3 is 6.03 Å². The molecule has 2 aromatic carbocycles. The number of aryl methyl sites for hydroxylation is 1. The van der Waals surface area contributed by atoms with Crippen LogP contribution in [0.3, 0.4) is 0 Å². The molecule has 3 amide bonds. The molecule has 2 saturated heterocycles. The van der Waals surface area contributed by atoms with Crippen LogP contribution in [0.1, 0.15) is 29.5 Å². The van der Waals surface area contributed by atoms with Crippen LogP contribution in [0, 0.1) is 6.92 Å². The molecule has 1 N–H and O–H groups in total. The number of hydrogen-bond donors (Lipinski definition) is 1. The zero-order chi connectivity index (χ0) is 21.6. The van der Waals surface area contributed by atoms with E-state index in [9.17, 15) is 9.59 Å². The molecule has 31 heavy (non-hydrogen) atoms. The Morgan fingerprint density at radius 3 is 2.00 bits per heavy atom. The first-order valence-electron chi connectivity index (χ1n) is 11.3. The maximum atomic E-state index is 12.6. The summed E-state index contributed by atoms with van der Waals surface area (Å²) < 4.78 is 0. The summed E-state index contributed by atoms with van der Waals surface area (Å²) in [6, 6.07) is 16.5. The summed E-state index contributed by atoms with van der Waals surface area (Å²) in [5.74, 6) is 0.127. The van der Waals surface area contributed by atoms with E-state index in [-0.39, 0.29) is 11.9 Å². The smallest absolute Gasteiger partial charge is 0.317 e. The third kappa shape index (κ3) is 5.57. The number of carbonyl (C=O) groups excluding carboxylic acids is 2. The lowest BCUT2D eigenvalue weighted by atomic mass is 10.1.